The van der Waals surface area contributed by atoms with Gasteiger partial charge in [0.2, 0.25) is 0 Å². The molecular weight excluding hydrogens is 171 g/mol. The van der Waals surface area contributed by atoms with Gasteiger partial charge >= 0.3 is 35.5 Å². The van der Waals surface area contributed by atoms with Gasteiger partial charge in [-0.2, -0.15) is 0 Å². The van der Waals surface area contributed by atoms with Gasteiger partial charge in [0.15, 0.2) is 11.5 Å². The average molecular weight is 178 g/mol. The Morgan fingerprint density at radius 1 is 1.25 bits per heavy atom. The van der Waals surface area contributed by atoms with Crippen molar-refractivity contribution in [1.82, 2.24) is 0 Å². The maximum absolute atomic E-state index is 10.3. The zero-order valence-corrected chi connectivity index (χ0v) is 8.48. The number of aromatic carboxylic acids is 1. The normalized spacial score (nSPS) is 8.67. The van der Waals surface area contributed by atoms with Gasteiger partial charge in [0.05, 0.1) is 5.56 Å². The van der Waals surface area contributed by atoms with Crippen molar-refractivity contribution in [2.75, 3.05) is 0 Å². The second-order valence-electron chi connectivity index (χ2n) is 2.01. The Morgan fingerprint density at radius 3 is 2.25 bits per heavy atom. The van der Waals surface area contributed by atoms with Crippen molar-refractivity contribution < 1.29 is 51.1 Å². The summed E-state index contributed by atoms with van der Waals surface area (Å²) in [5.74, 6) is -1.89. The van der Waals surface area contributed by atoms with E-state index in [2.05, 4.69) is 0 Å². The fraction of sp³-hybridized carbons (Fsp3) is 0. The van der Waals surface area contributed by atoms with Gasteiger partial charge in [-0.25, -0.2) is 4.79 Å². The summed E-state index contributed by atoms with van der Waals surface area (Å²) in [7, 11) is 0. The molecule has 0 saturated carbocycles. The van der Waals surface area contributed by atoms with Crippen LogP contribution in [0, 0.1) is 0 Å². The molecule has 3 N–H and O–H groups in total. The molecule has 0 radical (unpaired) electrons. The van der Waals surface area contributed by atoms with Crippen LogP contribution in [0.25, 0.3) is 0 Å². The Bertz CT molecular complexity index is 303. The molecule has 12 heavy (non-hydrogen) atoms. The van der Waals surface area contributed by atoms with E-state index < -0.39 is 11.7 Å². The van der Waals surface area contributed by atoms with Crippen molar-refractivity contribution in [2.24, 2.45) is 0 Å². The van der Waals surface area contributed by atoms with Gasteiger partial charge in [0.1, 0.15) is 0 Å². The minimum absolute atomic E-state index is 0. The molecule has 60 valence electrons. The molecule has 0 aliphatic heterocycles. The fourth-order valence-corrected chi connectivity index (χ4v) is 0.656. The number of carbonyl (C=O) groups is 1. The summed E-state index contributed by atoms with van der Waals surface area (Å²) in [6, 6.07) is 3.31. The third-order valence-corrected chi connectivity index (χ3v) is 1.22. The largest absolute Gasteiger partial charge is 1.00 e. The molecule has 4 nitrogen and oxygen atoms in total. The molecule has 0 unspecified atom stereocenters. The first-order valence-electron chi connectivity index (χ1n) is 2.86. The predicted octanol–water partition coefficient (Wildman–Crippen LogP) is -2.09. The molecule has 0 spiro atoms. The number of carboxylic acid groups (broad SMARTS) is 1. The van der Waals surface area contributed by atoms with E-state index in [1.54, 1.807) is 0 Å². The Kier molecular flexibility index (Phi) is 4.09. The number of benzene rings is 1. The average Bonchev–Trinajstić information content (AvgIpc) is 1.94. The standard InChI is InChI=1S/C7H6O4.Na.H/c8-5-2-1-4(7(10)11)3-6(5)9;;/h1-3,8-9H,(H,10,11);;/q;+1;-1. The van der Waals surface area contributed by atoms with Crippen molar-refractivity contribution in [3.8, 4) is 11.5 Å². The van der Waals surface area contributed by atoms with E-state index in [4.69, 9.17) is 15.3 Å². The van der Waals surface area contributed by atoms with Crippen LogP contribution in [0.3, 0.4) is 0 Å². The second kappa shape index (κ2) is 4.35. The number of hydrogen-bond donors (Lipinski definition) is 3. The van der Waals surface area contributed by atoms with E-state index in [1.165, 1.54) is 6.07 Å². The quantitative estimate of drug-likeness (QED) is 0.340. The molecule has 0 saturated heterocycles. The molecular formula is C7H7NaO4. The van der Waals surface area contributed by atoms with Gasteiger partial charge in [0.25, 0.3) is 0 Å². The van der Waals surface area contributed by atoms with Crippen molar-refractivity contribution in [1.29, 1.82) is 0 Å². The van der Waals surface area contributed by atoms with E-state index >= 15 is 0 Å². The van der Waals surface area contributed by atoms with Crippen molar-refractivity contribution in [3.63, 3.8) is 0 Å². The van der Waals surface area contributed by atoms with Crippen LogP contribution in [0.1, 0.15) is 11.8 Å². The molecule has 0 bridgehead atoms. The Labute approximate surface area is 92.2 Å². The first-order valence-corrected chi connectivity index (χ1v) is 2.86. The summed E-state index contributed by atoms with van der Waals surface area (Å²) in [6.07, 6.45) is 0. The Hall–Kier alpha value is -0.710. The van der Waals surface area contributed by atoms with E-state index in [0.717, 1.165) is 12.1 Å². The van der Waals surface area contributed by atoms with Gasteiger partial charge in [-0.3, -0.25) is 0 Å². The van der Waals surface area contributed by atoms with Crippen LogP contribution in [0.4, 0.5) is 0 Å². The molecule has 1 aromatic rings. The van der Waals surface area contributed by atoms with Crippen molar-refractivity contribution >= 4 is 5.97 Å². The van der Waals surface area contributed by atoms with Crippen molar-refractivity contribution in [2.45, 2.75) is 0 Å². The van der Waals surface area contributed by atoms with Crippen LogP contribution in [0.5, 0.6) is 11.5 Å². The fourth-order valence-electron chi connectivity index (χ4n) is 0.656. The summed E-state index contributed by atoms with van der Waals surface area (Å²) >= 11 is 0. The number of carboxylic acids is 1. The molecule has 0 amide bonds. The van der Waals surface area contributed by atoms with Crippen LogP contribution in [-0.4, -0.2) is 21.3 Å². The van der Waals surface area contributed by atoms with Gasteiger partial charge in [-0.05, 0) is 18.2 Å². The maximum atomic E-state index is 10.3. The topological polar surface area (TPSA) is 77.8 Å². The monoisotopic (exact) mass is 178 g/mol. The first kappa shape index (κ1) is 11.3. The zero-order chi connectivity index (χ0) is 8.43. The van der Waals surface area contributed by atoms with Crippen LogP contribution < -0.4 is 29.6 Å². The molecule has 0 aliphatic carbocycles. The Balaban J connectivity index is 0. The zero-order valence-electron chi connectivity index (χ0n) is 7.48. The maximum Gasteiger partial charge on any atom is 1.00 e. The molecule has 0 fully saturated rings. The van der Waals surface area contributed by atoms with Crippen LogP contribution >= 0.6 is 0 Å². The number of phenols is 2. The number of aromatic hydroxyl groups is 2. The van der Waals surface area contributed by atoms with E-state index in [9.17, 15) is 4.79 Å². The summed E-state index contributed by atoms with van der Waals surface area (Å²) in [5.41, 5.74) is -0.0553. The van der Waals surface area contributed by atoms with E-state index in [-0.39, 0.29) is 42.3 Å². The third kappa shape index (κ3) is 2.41. The first-order chi connectivity index (χ1) is 5.11. The van der Waals surface area contributed by atoms with E-state index in [0.29, 0.717) is 0 Å². The van der Waals surface area contributed by atoms with Crippen LogP contribution in [-0.2, 0) is 0 Å². The molecule has 0 heterocycles. The SMILES string of the molecule is O=C(O)c1ccc(O)c(O)c1.[H-].[Na+]. The van der Waals surface area contributed by atoms with Gasteiger partial charge in [0, 0.05) is 0 Å². The molecule has 5 heteroatoms. The summed E-state index contributed by atoms with van der Waals surface area (Å²) in [4.78, 5) is 10.3. The number of phenolic OH excluding ortho intramolecular Hbond substituents is 2. The van der Waals surface area contributed by atoms with Gasteiger partial charge in [-0.15, -0.1) is 0 Å². The minimum atomic E-state index is -1.14. The smallest absolute Gasteiger partial charge is 1.00 e. The minimum Gasteiger partial charge on any atom is -1.00 e. The van der Waals surface area contributed by atoms with Gasteiger partial charge < -0.3 is 16.7 Å². The molecule has 1 rings (SSSR count). The second-order valence-corrected chi connectivity index (χ2v) is 2.01. The predicted molar refractivity (Wildman–Crippen MR) is 37.8 cm³/mol. The van der Waals surface area contributed by atoms with Crippen molar-refractivity contribution in [3.05, 3.63) is 23.8 Å². The summed E-state index contributed by atoms with van der Waals surface area (Å²) in [5, 5.41) is 26.0. The molecule has 1 aromatic carbocycles. The Morgan fingerprint density at radius 2 is 1.83 bits per heavy atom. The molecule has 0 atom stereocenters. The van der Waals surface area contributed by atoms with Crippen LogP contribution in [0.2, 0.25) is 0 Å². The van der Waals surface area contributed by atoms with Gasteiger partial charge in [-0.1, -0.05) is 0 Å². The van der Waals surface area contributed by atoms with Crippen LogP contribution in [0.15, 0.2) is 18.2 Å². The number of rotatable bonds is 1. The third-order valence-electron chi connectivity index (χ3n) is 1.22. The summed E-state index contributed by atoms with van der Waals surface area (Å²) in [6.45, 7) is 0. The number of hydrogen-bond acceptors (Lipinski definition) is 3. The summed E-state index contributed by atoms with van der Waals surface area (Å²) < 4.78 is 0. The molecule has 0 aromatic heterocycles. The molecule has 0 aliphatic rings. The van der Waals surface area contributed by atoms with E-state index in [1.807, 2.05) is 0 Å².